The van der Waals surface area contributed by atoms with Crippen LogP contribution in [0.3, 0.4) is 0 Å². The average Bonchev–Trinajstić information content (AvgIpc) is 2.65. The van der Waals surface area contributed by atoms with Crippen molar-refractivity contribution < 1.29 is 37.4 Å². The summed E-state index contributed by atoms with van der Waals surface area (Å²) >= 11 is 0. The molecule has 0 saturated carbocycles. The van der Waals surface area contributed by atoms with Crippen molar-refractivity contribution in [2.75, 3.05) is 41.2 Å². The Labute approximate surface area is 160 Å². The van der Waals surface area contributed by atoms with Gasteiger partial charge < -0.3 is 28.0 Å². The number of carbonyl (C=O) groups excluding carboxylic acids is 1. The van der Waals surface area contributed by atoms with E-state index in [0.717, 1.165) is 0 Å². The van der Waals surface area contributed by atoms with E-state index in [9.17, 15) is 9.36 Å². The lowest BCUT2D eigenvalue weighted by atomic mass is 10.1. The molecule has 0 spiro atoms. The zero-order valence-electron chi connectivity index (χ0n) is 16.8. The predicted octanol–water partition coefficient (Wildman–Crippen LogP) is 3.45. The summed E-state index contributed by atoms with van der Waals surface area (Å²) in [6.07, 6.45) is -0.00749. The molecule has 0 aromatic heterocycles. The van der Waals surface area contributed by atoms with E-state index in [2.05, 4.69) is 0 Å². The Bertz CT molecular complexity index is 626. The smallest absolute Gasteiger partial charge is 0.345 e. The summed E-state index contributed by atoms with van der Waals surface area (Å²) in [6.45, 7) is 5.44. The number of carbonyl (C=O) groups is 1. The number of esters is 1. The summed E-state index contributed by atoms with van der Waals surface area (Å²) in [6, 6.07) is 3.32. The Balaban J connectivity index is 3.45. The molecule has 9 heteroatoms. The van der Waals surface area contributed by atoms with E-state index in [1.807, 2.05) is 0 Å². The lowest BCUT2D eigenvalue weighted by Crippen LogP contribution is -2.28. The molecular formula is C18H29O8P. The second-order valence-corrected chi connectivity index (χ2v) is 7.58. The molecule has 1 atom stereocenters. The lowest BCUT2D eigenvalue weighted by Gasteiger charge is -2.26. The van der Waals surface area contributed by atoms with Crippen LogP contribution in [0.5, 0.6) is 17.2 Å². The maximum atomic E-state index is 13.3. The minimum Gasteiger partial charge on any atom is -0.496 e. The first-order valence-electron chi connectivity index (χ1n) is 8.74. The van der Waals surface area contributed by atoms with Crippen LogP contribution in [-0.4, -0.2) is 52.8 Å². The van der Waals surface area contributed by atoms with Crippen molar-refractivity contribution in [3.05, 3.63) is 17.7 Å². The molecule has 0 saturated heterocycles. The van der Waals surface area contributed by atoms with Crippen molar-refractivity contribution in [2.45, 2.75) is 32.9 Å². The lowest BCUT2D eigenvalue weighted by molar-refractivity contribution is -0.143. The third kappa shape index (κ3) is 5.86. The van der Waals surface area contributed by atoms with E-state index in [-0.39, 0.29) is 26.2 Å². The van der Waals surface area contributed by atoms with E-state index in [1.165, 1.54) is 21.3 Å². The number of hydrogen-bond donors (Lipinski definition) is 0. The van der Waals surface area contributed by atoms with E-state index in [0.29, 0.717) is 22.8 Å². The van der Waals surface area contributed by atoms with E-state index < -0.39 is 19.2 Å². The Morgan fingerprint density at radius 3 is 1.81 bits per heavy atom. The quantitative estimate of drug-likeness (QED) is 0.387. The molecule has 27 heavy (non-hydrogen) atoms. The monoisotopic (exact) mass is 404 g/mol. The maximum absolute atomic E-state index is 13.3. The summed E-state index contributed by atoms with van der Waals surface area (Å²) in [7, 11) is 0.720. The highest BCUT2D eigenvalue weighted by molar-refractivity contribution is 7.55. The van der Waals surface area contributed by atoms with Crippen LogP contribution in [-0.2, 0) is 29.6 Å². The summed E-state index contributed by atoms with van der Waals surface area (Å²) in [5, 5.41) is 0. The van der Waals surface area contributed by atoms with Gasteiger partial charge in [0.05, 0.1) is 41.2 Å². The number of rotatable bonds is 12. The maximum Gasteiger partial charge on any atom is 0.345 e. The number of ether oxygens (including phenoxy) is 4. The molecule has 0 heterocycles. The van der Waals surface area contributed by atoms with Gasteiger partial charge in [0.2, 0.25) is 0 Å². The van der Waals surface area contributed by atoms with Gasteiger partial charge in [-0.2, -0.15) is 0 Å². The van der Waals surface area contributed by atoms with Crippen LogP contribution < -0.4 is 14.2 Å². The highest BCUT2D eigenvalue weighted by Crippen LogP contribution is 2.55. The number of methoxy groups -OCH3 is 3. The molecule has 8 nitrogen and oxygen atoms in total. The van der Waals surface area contributed by atoms with Crippen molar-refractivity contribution >= 4 is 13.6 Å². The van der Waals surface area contributed by atoms with E-state index in [4.69, 9.17) is 28.0 Å². The van der Waals surface area contributed by atoms with Gasteiger partial charge in [-0.1, -0.05) is 0 Å². The molecule has 1 aromatic rings. The fourth-order valence-corrected chi connectivity index (χ4v) is 4.51. The highest BCUT2D eigenvalue weighted by atomic mass is 31.2. The molecule has 0 amide bonds. The largest absolute Gasteiger partial charge is 0.496 e. The normalized spacial score (nSPS) is 12.4. The first-order chi connectivity index (χ1) is 12.9. The Morgan fingerprint density at radius 1 is 0.926 bits per heavy atom. The zero-order valence-corrected chi connectivity index (χ0v) is 17.7. The highest BCUT2D eigenvalue weighted by Gasteiger charge is 2.43. The third-order valence-electron chi connectivity index (χ3n) is 3.77. The van der Waals surface area contributed by atoms with Gasteiger partial charge in [0.25, 0.3) is 0 Å². The Hall–Kier alpha value is -1.76. The van der Waals surface area contributed by atoms with Gasteiger partial charge in [-0.25, -0.2) is 0 Å². The molecule has 1 unspecified atom stereocenters. The molecule has 0 aliphatic carbocycles. The predicted molar refractivity (Wildman–Crippen MR) is 101 cm³/mol. The van der Waals surface area contributed by atoms with Gasteiger partial charge in [0, 0.05) is 24.1 Å². The summed E-state index contributed by atoms with van der Waals surface area (Å²) in [5.41, 5.74) is -0.618. The van der Waals surface area contributed by atoms with Gasteiger partial charge >= 0.3 is 13.6 Å². The second kappa shape index (κ2) is 11.2. The molecule has 1 rings (SSSR count). The Kier molecular flexibility index (Phi) is 9.63. The zero-order chi connectivity index (χ0) is 20.4. The standard InChI is InChI=1S/C18H29O8P/c1-7-24-18(19)17(27(20,25-8-2)26-9-3)12-14-15(22-5)10-13(21-4)11-16(14)23-6/h10-11,17H,7-9,12H2,1-6H3. The van der Waals surface area contributed by atoms with Crippen molar-refractivity contribution in [1.29, 1.82) is 0 Å². The molecular weight excluding hydrogens is 375 g/mol. The van der Waals surface area contributed by atoms with Crippen LogP contribution >= 0.6 is 7.60 Å². The molecule has 0 radical (unpaired) electrons. The summed E-state index contributed by atoms with van der Waals surface area (Å²) in [5.74, 6) is 0.723. The minimum atomic E-state index is -3.78. The molecule has 0 N–H and O–H groups in total. The number of hydrogen-bond acceptors (Lipinski definition) is 8. The molecule has 0 aliphatic heterocycles. The van der Waals surface area contributed by atoms with Gasteiger partial charge in [0.15, 0.2) is 5.66 Å². The summed E-state index contributed by atoms with van der Waals surface area (Å²) < 4.78 is 45.3. The Morgan fingerprint density at radius 2 is 1.44 bits per heavy atom. The van der Waals surface area contributed by atoms with Crippen LogP contribution in [0.4, 0.5) is 0 Å². The van der Waals surface area contributed by atoms with Crippen molar-refractivity contribution in [3.63, 3.8) is 0 Å². The molecule has 0 fully saturated rings. The van der Waals surface area contributed by atoms with Crippen LogP contribution in [0, 0.1) is 0 Å². The third-order valence-corrected chi connectivity index (χ3v) is 6.17. The van der Waals surface area contributed by atoms with E-state index >= 15 is 0 Å². The molecule has 1 aromatic carbocycles. The van der Waals surface area contributed by atoms with Crippen LogP contribution in [0.25, 0.3) is 0 Å². The van der Waals surface area contributed by atoms with Crippen molar-refractivity contribution in [2.24, 2.45) is 0 Å². The van der Waals surface area contributed by atoms with Gasteiger partial charge in [-0.05, 0) is 20.8 Å². The minimum absolute atomic E-state index is 0.00749. The van der Waals surface area contributed by atoms with Gasteiger partial charge in [-0.3, -0.25) is 9.36 Å². The first-order valence-corrected chi connectivity index (χ1v) is 10.4. The average molecular weight is 404 g/mol. The molecule has 0 aliphatic rings. The van der Waals surface area contributed by atoms with Gasteiger partial charge in [-0.15, -0.1) is 0 Å². The fraction of sp³-hybridized carbons (Fsp3) is 0.611. The van der Waals surface area contributed by atoms with Crippen molar-refractivity contribution in [3.8, 4) is 17.2 Å². The van der Waals surface area contributed by atoms with Gasteiger partial charge in [0.1, 0.15) is 17.2 Å². The number of benzene rings is 1. The van der Waals surface area contributed by atoms with E-state index in [1.54, 1.807) is 32.9 Å². The fourth-order valence-electron chi connectivity index (χ4n) is 2.61. The van der Waals surface area contributed by atoms with Crippen molar-refractivity contribution in [1.82, 2.24) is 0 Å². The topological polar surface area (TPSA) is 89.5 Å². The van der Waals surface area contributed by atoms with Crippen LogP contribution in [0.1, 0.15) is 26.3 Å². The first kappa shape index (κ1) is 23.3. The second-order valence-electron chi connectivity index (χ2n) is 5.36. The summed E-state index contributed by atoms with van der Waals surface area (Å²) in [4.78, 5) is 12.6. The molecule has 154 valence electrons. The van der Waals surface area contributed by atoms with Crippen LogP contribution in [0.15, 0.2) is 12.1 Å². The SMILES string of the molecule is CCOC(=O)C(Cc1c(OC)cc(OC)cc1OC)P(=O)(OCC)OCC. The molecule has 0 bridgehead atoms. The van der Waals surface area contributed by atoms with Crippen LogP contribution in [0.2, 0.25) is 0 Å².